The number of hydrogen-bond donors (Lipinski definition) is 1. The molecular formula is C21H22BrN3O2. The van der Waals surface area contributed by atoms with Gasteiger partial charge in [-0.25, -0.2) is 0 Å². The number of halogens is 1. The standard InChI is InChI=1S/C21H22BrN3O2/c22-18-5-1-2-6-19(18)23-21(27)15-13-20(26)25(14-15)17-9-7-16(8-10-17)24-11-3-4-12-24/h1-2,5-10,15H,3-4,11-14H2,(H,23,27). The molecule has 4 rings (SSSR count). The first-order chi connectivity index (χ1) is 13.1. The predicted octanol–water partition coefficient (Wildman–Crippen LogP) is 4.04. The fourth-order valence-electron chi connectivity index (χ4n) is 3.75. The normalized spacial score (nSPS) is 19.6. The first-order valence-electron chi connectivity index (χ1n) is 9.32. The number of nitrogens with zero attached hydrogens (tertiary/aromatic N) is 2. The van der Waals surface area contributed by atoms with Crippen molar-refractivity contribution in [3.63, 3.8) is 0 Å². The number of para-hydroxylation sites is 1. The van der Waals surface area contributed by atoms with Gasteiger partial charge in [0.25, 0.3) is 0 Å². The Morgan fingerprint density at radius 1 is 1.00 bits per heavy atom. The summed E-state index contributed by atoms with van der Waals surface area (Å²) in [6.45, 7) is 2.61. The van der Waals surface area contributed by atoms with Gasteiger partial charge in [-0.15, -0.1) is 0 Å². The molecule has 5 nitrogen and oxygen atoms in total. The third kappa shape index (κ3) is 3.86. The van der Waals surface area contributed by atoms with Crippen LogP contribution in [0.15, 0.2) is 53.0 Å². The summed E-state index contributed by atoms with van der Waals surface area (Å²) in [5.41, 5.74) is 2.79. The van der Waals surface area contributed by atoms with E-state index in [2.05, 4.69) is 38.3 Å². The molecule has 0 radical (unpaired) electrons. The Balaban J connectivity index is 1.42. The molecule has 140 valence electrons. The lowest BCUT2D eigenvalue weighted by atomic mass is 10.1. The summed E-state index contributed by atoms with van der Waals surface area (Å²) >= 11 is 3.43. The molecule has 2 amide bonds. The molecule has 1 N–H and O–H groups in total. The summed E-state index contributed by atoms with van der Waals surface area (Å²) in [7, 11) is 0. The SMILES string of the molecule is O=C(Nc1ccccc1Br)C1CC(=O)N(c2ccc(N3CCCC3)cc2)C1. The van der Waals surface area contributed by atoms with Crippen LogP contribution in [-0.4, -0.2) is 31.4 Å². The Kier molecular flexibility index (Phi) is 5.16. The van der Waals surface area contributed by atoms with E-state index in [0.29, 0.717) is 6.54 Å². The van der Waals surface area contributed by atoms with E-state index in [1.54, 1.807) is 4.90 Å². The van der Waals surface area contributed by atoms with Crippen LogP contribution in [0.25, 0.3) is 0 Å². The second-order valence-electron chi connectivity index (χ2n) is 7.09. The van der Waals surface area contributed by atoms with Crippen LogP contribution in [0.3, 0.4) is 0 Å². The number of amides is 2. The van der Waals surface area contributed by atoms with Crippen molar-refractivity contribution in [1.82, 2.24) is 0 Å². The van der Waals surface area contributed by atoms with Crippen LogP contribution in [0.5, 0.6) is 0 Å². The molecule has 2 heterocycles. The van der Waals surface area contributed by atoms with Gasteiger partial charge in [-0.1, -0.05) is 12.1 Å². The van der Waals surface area contributed by atoms with Crippen molar-refractivity contribution in [2.45, 2.75) is 19.3 Å². The van der Waals surface area contributed by atoms with E-state index >= 15 is 0 Å². The maximum Gasteiger partial charge on any atom is 0.229 e. The predicted molar refractivity (Wildman–Crippen MR) is 111 cm³/mol. The van der Waals surface area contributed by atoms with E-state index in [4.69, 9.17) is 0 Å². The Hall–Kier alpha value is -2.34. The minimum Gasteiger partial charge on any atom is -0.372 e. The second kappa shape index (κ2) is 7.72. The average molecular weight is 428 g/mol. The molecule has 0 bridgehead atoms. The Morgan fingerprint density at radius 3 is 2.37 bits per heavy atom. The second-order valence-corrected chi connectivity index (χ2v) is 7.94. The Labute approximate surface area is 167 Å². The molecule has 2 aliphatic rings. The molecule has 2 aliphatic heterocycles. The highest BCUT2D eigenvalue weighted by molar-refractivity contribution is 9.10. The van der Waals surface area contributed by atoms with Gasteiger partial charge in [0.2, 0.25) is 11.8 Å². The number of carbonyl (C=O) groups excluding carboxylic acids is 2. The molecular weight excluding hydrogens is 406 g/mol. The van der Waals surface area contributed by atoms with Crippen LogP contribution >= 0.6 is 15.9 Å². The van der Waals surface area contributed by atoms with Crippen molar-refractivity contribution in [1.29, 1.82) is 0 Å². The molecule has 0 aliphatic carbocycles. The van der Waals surface area contributed by atoms with Gasteiger partial charge in [-0.3, -0.25) is 9.59 Å². The van der Waals surface area contributed by atoms with Crippen molar-refractivity contribution in [3.05, 3.63) is 53.0 Å². The van der Waals surface area contributed by atoms with Crippen molar-refractivity contribution in [2.75, 3.05) is 34.8 Å². The van der Waals surface area contributed by atoms with Crippen molar-refractivity contribution in [3.8, 4) is 0 Å². The van der Waals surface area contributed by atoms with Crippen LogP contribution in [0.2, 0.25) is 0 Å². The zero-order valence-electron chi connectivity index (χ0n) is 15.0. The molecule has 2 aromatic rings. The lowest BCUT2D eigenvalue weighted by Gasteiger charge is -2.20. The summed E-state index contributed by atoms with van der Waals surface area (Å²) < 4.78 is 0.831. The maximum atomic E-state index is 12.6. The Morgan fingerprint density at radius 2 is 1.67 bits per heavy atom. The molecule has 2 aromatic carbocycles. The topological polar surface area (TPSA) is 52.7 Å². The van der Waals surface area contributed by atoms with Gasteiger partial charge in [-0.05, 0) is 65.2 Å². The van der Waals surface area contributed by atoms with Gasteiger partial charge in [0.05, 0.1) is 11.6 Å². The smallest absolute Gasteiger partial charge is 0.229 e. The quantitative estimate of drug-likeness (QED) is 0.800. The van der Waals surface area contributed by atoms with E-state index in [1.165, 1.54) is 18.5 Å². The molecule has 0 aromatic heterocycles. The fourth-order valence-corrected chi connectivity index (χ4v) is 4.13. The van der Waals surface area contributed by atoms with Gasteiger partial charge in [-0.2, -0.15) is 0 Å². The third-order valence-corrected chi connectivity index (χ3v) is 5.95. The molecule has 27 heavy (non-hydrogen) atoms. The zero-order chi connectivity index (χ0) is 18.8. The fraction of sp³-hybridized carbons (Fsp3) is 0.333. The van der Waals surface area contributed by atoms with Crippen molar-refractivity contribution >= 4 is 44.8 Å². The minimum absolute atomic E-state index is 0.00352. The zero-order valence-corrected chi connectivity index (χ0v) is 16.6. The van der Waals surface area contributed by atoms with Gasteiger partial charge in [0.15, 0.2) is 0 Å². The largest absolute Gasteiger partial charge is 0.372 e. The van der Waals surface area contributed by atoms with Crippen LogP contribution in [0.1, 0.15) is 19.3 Å². The maximum absolute atomic E-state index is 12.6. The van der Waals surface area contributed by atoms with Crippen LogP contribution in [-0.2, 0) is 9.59 Å². The Bertz CT molecular complexity index is 847. The van der Waals surface area contributed by atoms with Crippen LogP contribution in [0.4, 0.5) is 17.1 Å². The van der Waals surface area contributed by atoms with E-state index in [1.807, 2.05) is 36.4 Å². The first kappa shape index (κ1) is 18.0. The summed E-state index contributed by atoms with van der Waals surface area (Å²) in [6, 6.07) is 15.6. The number of rotatable bonds is 4. The average Bonchev–Trinajstić information content (AvgIpc) is 3.34. The highest BCUT2D eigenvalue weighted by Gasteiger charge is 2.35. The molecule has 2 saturated heterocycles. The number of nitrogens with one attached hydrogen (secondary N) is 1. The number of anilines is 3. The molecule has 0 spiro atoms. The summed E-state index contributed by atoms with van der Waals surface area (Å²) in [4.78, 5) is 29.2. The highest BCUT2D eigenvalue weighted by atomic mass is 79.9. The number of carbonyl (C=O) groups is 2. The van der Waals surface area contributed by atoms with E-state index in [0.717, 1.165) is 28.9 Å². The van der Waals surface area contributed by atoms with Gasteiger partial charge < -0.3 is 15.1 Å². The van der Waals surface area contributed by atoms with Crippen molar-refractivity contribution in [2.24, 2.45) is 5.92 Å². The molecule has 1 unspecified atom stereocenters. The van der Waals surface area contributed by atoms with E-state index in [-0.39, 0.29) is 24.2 Å². The monoisotopic (exact) mass is 427 g/mol. The van der Waals surface area contributed by atoms with Crippen molar-refractivity contribution < 1.29 is 9.59 Å². The van der Waals surface area contributed by atoms with Gasteiger partial charge >= 0.3 is 0 Å². The lowest BCUT2D eigenvalue weighted by molar-refractivity contribution is -0.122. The lowest BCUT2D eigenvalue weighted by Crippen LogP contribution is -2.28. The number of benzene rings is 2. The van der Waals surface area contributed by atoms with Crippen LogP contribution < -0.4 is 15.1 Å². The molecule has 1 atom stereocenters. The van der Waals surface area contributed by atoms with Gasteiger partial charge in [0.1, 0.15) is 0 Å². The molecule has 2 fully saturated rings. The minimum atomic E-state index is -0.345. The van der Waals surface area contributed by atoms with E-state index in [9.17, 15) is 9.59 Å². The van der Waals surface area contributed by atoms with Gasteiger partial charge in [0, 0.05) is 41.9 Å². The van der Waals surface area contributed by atoms with Crippen LogP contribution in [0, 0.1) is 5.92 Å². The summed E-state index contributed by atoms with van der Waals surface area (Å²) in [5.74, 6) is -0.467. The summed E-state index contributed by atoms with van der Waals surface area (Å²) in [6.07, 6.45) is 2.71. The molecule has 0 saturated carbocycles. The molecule has 6 heteroatoms. The highest BCUT2D eigenvalue weighted by Crippen LogP contribution is 2.29. The first-order valence-corrected chi connectivity index (χ1v) is 10.1. The summed E-state index contributed by atoms with van der Waals surface area (Å²) in [5, 5.41) is 2.92. The number of hydrogen-bond acceptors (Lipinski definition) is 3. The third-order valence-electron chi connectivity index (χ3n) is 5.26. The van der Waals surface area contributed by atoms with E-state index < -0.39 is 0 Å².